The number of aryl methyl sites for hydroxylation is 2. The van der Waals surface area contributed by atoms with Crippen LogP contribution in [0.15, 0.2) is 155 Å². The minimum absolute atomic E-state index is 0.147. The molecule has 0 radical (unpaired) electrons. The van der Waals surface area contributed by atoms with Crippen LogP contribution in [0, 0.1) is 13.8 Å². The number of anilines is 2. The number of fused-ring (bicyclic) bond motifs is 8. The summed E-state index contributed by atoms with van der Waals surface area (Å²) in [5, 5.41) is 1.31. The van der Waals surface area contributed by atoms with E-state index in [0.717, 1.165) is 22.5 Å². The van der Waals surface area contributed by atoms with E-state index < -0.39 is 20.0 Å². The third kappa shape index (κ3) is 6.13. The summed E-state index contributed by atoms with van der Waals surface area (Å²) in [5.41, 5.74) is 7.69. The van der Waals surface area contributed by atoms with Crippen molar-refractivity contribution in [3.8, 4) is 0 Å². The Kier molecular flexibility index (Phi) is 9.37. The molecule has 0 saturated carbocycles. The molecule has 0 atom stereocenters. The molecule has 4 heterocycles. The SMILES string of the molecule is Cc1ccc2c(c1)C(=O)c1c(n(S(=O)(=O)c3ccccc3)c3ccccc13)CN2C.Cc1ccc2c(c1)C(=O)c1c(n(S(=O)(=O)c3ccccc3)c3ccccc13)CN2C. The molecule has 2 aliphatic heterocycles. The van der Waals surface area contributed by atoms with Crippen LogP contribution in [0.2, 0.25) is 0 Å². The second-order valence-corrected chi connectivity index (χ2v) is 18.8. The first-order valence-electron chi connectivity index (χ1n) is 19.4. The first-order chi connectivity index (χ1) is 28.8. The monoisotopic (exact) mass is 832 g/mol. The molecule has 0 fully saturated rings. The summed E-state index contributed by atoms with van der Waals surface area (Å²) in [7, 11) is -4.00. The number of aromatic nitrogens is 2. The van der Waals surface area contributed by atoms with Crippen LogP contribution in [0.4, 0.5) is 11.4 Å². The lowest BCUT2D eigenvalue weighted by Crippen LogP contribution is -2.22. The second-order valence-electron chi connectivity index (χ2n) is 15.3. The normalized spacial score (nSPS) is 13.8. The molecule has 0 saturated heterocycles. The number of rotatable bonds is 4. The first kappa shape index (κ1) is 38.7. The zero-order valence-corrected chi connectivity index (χ0v) is 35.0. The third-order valence-corrected chi connectivity index (χ3v) is 14.8. The Morgan fingerprint density at radius 2 is 0.800 bits per heavy atom. The molecular weight excluding hydrogens is 793 g/mol. The van der Waals surface area contributed by atoms with E-state index in [2.05, 4.69) is 0 Å². The highest BCUT2D eigenvalue weighted by Crippen LogP contribution is 2.40. The Bertz CT molecular complexity index is 3060. The maximum atomic E-state index is 13.7. The van der Waals surface area contributed by atoms with E-state index in [-0.39, 0.29) is 21.4 Å². The van der Waals surface area contributed by atoms with Crippen LogP contribution in [0.3, 0.4) is 0 Å². The van der Waals surface area contributed by atoms with Gasteiger partial charge in [-0.05, 0) is 74.5 Å². The lowest BCUT2D eigenvalue weighted by atomic mass is 9.99. The van der Waals surface area contributed by atoms with Gasteiger partial charge in [0.1, 0.15) is 0 Å². The summed E-state index contributed by atoms with van der Waals surface area (Å²) in [5.74, 6) is -0.294. The molecule has 300 valence electrons. The predicted molar refractivity (Wildman–Crippen MR) is 235 cm³/mol. The van der Waals surface area contributed by atoms with Gasteiger partial charge in [0.25, 0.3) is 20.0 Å². The van der Waals surface area contributed by atoms with E-state index >= 15 is 0 Å². The van der Waals surface area contributed by atoms with Gasteiger partial charge in [0.05, 0.1) is 56.4 Å². The second kappa shape index (κ2) is 14.5. The number of nitrogens with zero attached hydrogens (tertiary/aromatic N) is 4. The van der Waals surface area contributed by atoms with Gasteiger partial charge < -0.3 is 9.80 Å². The fourth-order valence-electron chi connectivity index (χ4n) is 8.49. The van der Waals surface area contributed by atoms with Crippen molar-refractivity contribution in [1.82, 2.24) is 7.94 Å². The van der Waals surface area contributed by atoms with E-state index in [1.807, 2.05) is 98.4 Å². The minimum Gasteiger partial charge on any atom is -0.368 e. The molecule has 0 amide bonds. The number of hydrogen-bond acceptors (Lipinski definition) is 8. The van der Waals surface area contributed by atoms with Gasteiger partial charge in [-0.3, -0.25) is 9.59 Å². The minimum atomic E-state index is -3.88. The zero-order chi connectivity index (χ0) is 42.1. The Balaban J connectivity index is 0.000000154. The van der Waals surface area contributed by atoms with E-state index in [9.17, 15) is 26.4 Å². The number of carbonyl (C=O) groups is 2. The number of ketones is 2. The highest BCUT2D eigenvalue weighted by Gasteiger charge is 2.36. The average molecular weight is 833 g/mol. The molecule has 6 aromatic carbocycles. The number of para-hydroxylation sites is 2. The highest BCUT2D eigenvalue weighted by molar-refractivity contribution is 7.90. The van der Waals surface area contributed by atoms with Gasteiger partial charge in [-0.2, -0.15) is 0 Å². The fraction of sp³-hybridized carbons (Fsp3) is 0.125. The quantitative estimate of drug-likeness (QED) is 0.173. The lowest BCUT2D eigenvalue weighted by Gasteiger charge is -2.21. The van der Waals surface area contributed by atoms with Crippen LogP contribution in [-0.2, 0) is 33.1 Å². The number of carbonyl (C=O) groups excluding carboxylic acids is 2. The van der Waals surface area contributed by atoms with Gasteiger partial charge in [-0.1, -0.05) is 96.1 Å². The number of hydrogen-bond donors (Lipinski definition) is 0. The van der Waals surface area contributed by atoms with Crippen molar-refractivity contribution in [2.45, 2.75) is 36.7 Å². The van der Waals surface area contributed by atoms with Crippen molar-refractivity contribution < 1.29 is 26.4 Å². The largest absolute Gasteiger partial charge is 0.368 e. The average Bonchev–Trinajstić information content (AvgIpc) is 3.70. The van der Waals surface area contributed by atoms with Crippen molar-refractivity contribution in [1.29, 1.82) is 0 Å². The van der Waals surface area contributed by atoms with Gasteiger partial charge in [0.15, 0.2) is 11.6 Å². The van der Waals surface area contributed by atoms with Gasteiger partial charge in [0, 0.05) is 47.4 Å². The Labute approximate surface area is 348 Å². The summed E-state index contributed by atoms with van der Waals surface area (Å²) < 4.78 is 57.4. The molecule has 0 spiro atoms. The van der Waals surface area contributed by atoms with Gasteiger partial charge in [0.2, 0.25) is 0 Å². The molecule has 0 bridgehead atoms. The third-order valence-electron chi connectivity index (χ3n) is 11.3. The standard InChI is InChI=1S/2C24H20N2O3S/c2*1-16-12-13-20-19(14-16)24(27)23-18-10-6-7-11-21(18)26(22(23)15-25(20)2)30(28,29)17-8-4-3-5-9-17/h2*3-14H,15H2,1-2H3. The van der Waals surface area contributed by atoms with E-state index in [4.69, 9.17) is 0 Å². The molecule has 8 aromatic rings. The zero-order valence-electron chi connectivity index (χ0n) is 33.3. The van der Waals surface area contributed by atoms with Crippen LogP contribution >= 0.6 is 0 Å². The van der Waals surface area contributed by atoms with E-state index in [1.165, 1.54) is 7.94 Å². The Hall–Kier alpha value is -6.76. The topological polar surface area (TPSA) is 119 Å². The van der Waals surface area contributed by atoms with Crippen LogP contribution in [0.5, 0.6) is 0 Å². The fourth-order valence-corrected chi connectivity index (χ4v) is 11.6. The van der Waals surface area contributed by atoms with Crippen LogP contribution in [-0.4, -0.2) is 50.4 Å². The molecule has 10 rings (SSSR count). The molecular formula is C48H40N4O6S2. The summed E-state index contributed by atoms with van der Waals surface area (Å²) in [6, 6.07) is 42.6. The maximum Gasteiger partial charge on any atom is 0.268 e. The molecule has 0 unspecified atom stereocenters. The van der Waals surface area contributed by atoms with E-state index in [1.54, 1.807) is 84.9 Å². The van der Waals surface area contributed by atoms with Crippen molar-refractivity contribution in [2.24, 2.45) is 0 Å². The predicted octanol–water partition coefficient (Wildman–Crippen LogP) is 8.74. The molecule has 12 heteroatoms. The van der Waals surface area contributed by atoms with Crippen molar-refractivity contribution in [3.63, 3.8) is 0 Å². The highest BCUT2D eigenvalue weighted by atomic mass is 32.2. The van der Waals surface area contributed by atoms with Crippen LogP contribution in [0.1, 0.15) is 54.4 Å². The lowest BCUT2D eigenvalue weighted by molar-refractivity contribution is 0.103. The Morgan fingerprint density at radius 3 is 1.18 bits per heavy atom. The van der Waals surface area contributed by atoms with Gasteiger partial charge in [-0.25, -0.2) is 24.8 Å². The molecule has 0 aliphatic carbocycles. The summed E-state index contributed by atoms with van der Waals surface area (Å²) >= 11 is 0. The van der Waals surface area contributed by atoms with Gasteiger partial charge >= 0.3 is 0 Å². The summed E-state index contributed by atoms with van der Waals surface area (Å²) in [6.07, 6.45) is 0. The van der Waals surface area contributed by atoms with Gasteiger partial charge in [-0.15, -0.1) is 0 Å². The summed E-state index contributed by atoms with van der Waals surface area (Å²) in [4.78, 5) is 31.6. The van der Waals surface area contributed by atoms with Crippen LogP contribution < -0.4 is 9.80 Å². The first-order valence-corrected chi connectivity index (χ1v) is 22.3. The molecule has 10 nitrogen and oxygen atoms in total. The number of benzene rings is 6. The van der Waals surface area contributed by atoms with Crippen molar-refractivity contribution in [2.75, 3.05) is 23.9 Å². The van der Waals surface area contributed by atoms with Crippen LogP contribution in [0.25, 0.3) is 21.8 Å². The maximum absolute atomic E-state index is 13.7. The molecule has 2 aromatic heterocycles. The molecule has 60 heavy (non-hydrogen) atoms. The summed E-state index contributed by atoms with van der Waals surface area (Å²) in [6.45, 7) is 4.50. The molecule has 0 N–H and O–H groups in total. The smallest absolute Gasteiger partial charge is 0.268 e. The Morgan fingerprint density at radius 1 is 0.450 bits per heavy atom. The van der Waals surface area contributed by atoms with Crippen molar-refractivity contribution in [3.05, 3.63) is 190 Å². The van der Waals surface area contributed by atoms with Crippen molar-refractivity contribution >= 4 is 64.8 Å². The molecule has 2 aliphatic rings. The van der Waals surface area contributed by atoms with E-state index in [0.29, 0.717) is 68.5 Å².